The van der Waals surface area contributed by atoms with Crippen molar-refractivity contribution in [1.29, 1.82) is 5.26 Å². The maximum atomic E-state index is 13.0. The Labute approximate surface area is 236 Å². The van der Waals surface area contributed by atoms with Crippen LogP contribution in [0.2, 0.25) is 0 Å². The molecule has 3 aromatic rings. The number of carbonyl (C=O) groups is 2. The first-order chi connectivity index (χ1) is 19.1. The van der Waals surface area contributed by atoms with Gasteiger partial charge in [-0.3, -0.25) is 9.59 Å². The van der Waals surface area contributed by atoms with Crippen LogP contribution in [0.5, 0.6) is 5.75 Å². The van der Waals surface area contributed by atoms with E-state index >= 15 is 0 Å². The van der Waals surface area contributed by atoms with Gasteiger partial charge in [0.05, 0.1) is 23.4 Å². The number of hydrogen-bond donors (Lipinski definition) is 2. The van der Waals surface area contributed by atoms with E-state index in [2.05, 4.69) is 16.0 Å². The SMILES string of the molecule is CCn1cc(-c2ccc(C[C@@H](CCO)NC(=O)c3ccc(OC(C)C)c(C#N)c3)cc2)nc1[C@@H](C)N(C)C(C)=O. The number of amides is 2. The molecule has 0 bridgehead atoms. The highest BCUT2D eigenvalue weighted by atomic mass is 16.5. The summed E-state index contributed by atoms with van der Waals surface area (Å²) in [6, 6.07) is 14.4. The summed E-state index contributed by atoms with van der Waals surface area (Å²) in [5.41, 5.74) is 3.43. The van der Waals surface area contributed by atoms with Gasteiger partial charge in [-0.05, 0) is 64.3 Å². The van der Waals surface area contributed by atoms with Gasteiger partial charge in [0.15, 0.2) is 0 Å². The van der Waals surface area contributed by atoms with E-state index in [4.69, 9.17) is 9.72 Å². The third-order valence-corrected chi connectivity index (χ3v) is 6.87. The summed E-state index contributed by atoms with van der Waals surface area (Å²) in [7, 11) is 1.77. The molecule has 0 spiro atoms. The van der Waals surface area contributed by atoms with Crippen molar-refractivity contribution in [3.05, 3.63) is 71.2 Å². The lowest BCUT2D eigenvalue weighted by molar-refractivity contribution is -0.129. The molecule has 0 aliphatic heterocycles. The van der Waals surface area contributed by atoms with Gasteiger partial charge in [-0.1, -0.05) is 24.3 Å². The van der Waals surface area contributed by atoms with Crippen LogP contribution in [0, 0.1) is 11.3 Å². The lowest BCUT2D eigenvalue weighted by Crippen LogP contribution is -2.37. The van der Waals surface area contributed by atoms with Crippen molar-refractivity contribution in [2.75, 3.05) is 13.7 Å². The monoisotopic (exact) mass is 545 g/mol. The minimum absolute atomic E-state index is 0.0174. The van der Waals surface area contributed by atoms with Gasteiger partial charge in [0.25, 0.3) is 5.91 Å². The molecule has 2 amide bonds. The average molecular weight is 546 g/mol. The fourth-order valence-corrected chi connectivity index (χ4v) is 4.46. The van der Waals surface area contributed by atoms with Gasteiger partial charge < -0.3 is 24.6 Å². The summed E-state index contributed by atoms with van der Waals surface area (Å²) < 4.78 is 7.70. The Morgan fingerprint density at radius 3 is 2.45 bits per heavy atom. The van der Waals surface area contributed by atoms with Crippen LogP contribution in [0.3, 0.4) is 0 Å². The number of nitrogens with zero attached hydrogens (tertiary/aromatic N) is 4. The van der Waals surface area contributed by atoms with Crippen molar-refractivity contribution in [3.8, 4) is 23.1 Å². The van der Waals surface area contributed by atoms with Gasteiger partial charge in [-0.15, -0.1) is 0 Å². The molecule has 9 nitrogen and oxygen atoms in total. The van der Waals surface area contributed by atoms with E-state index in [9.17, 15) is 20.0 Å². The summed E-state index contributed by atoms with van der Waals surface area (Å²) >= 11 is 0. The molecule has 1 aromatic heterocycles. The highest BCUT2D eigenvalue weighted by molar-refractivity contribution is 5.95. The molecule has 1 heterocycles. The Bertz CT molecular complexity index is 1360. The van der Waals surface area contributed by atoms with Crippen molar-refractivity contribution in [2.24, 2.45) is 0 Å². The average Bonchev–Trinajstić information content (AvgIpc) is 3.37. The first-order valence-electron chi connectivity index (χ1n) is 13.6. The minimum atomic E-state index is -0.315. The zero-order valence-electron chi connectivity index (χ0n) is 24.1. The number of benzene rings is 2. The highest BCUT2D eigenvalue weighted by Crippen LogP contribution is 2.25. The fourth-order valence-electron chi connectivity index (χ4n) is 4.46. The fraction of sp³-hybridized carbons (Fsp3) is 0.419. The Morgan fingerprint density at radius 1 is 1.18 bits per heavy atom. The summed E-state index contributed by atoms with van der Waals surface area (Å²) in [5.74, 6) is 0.937. The van der Waals surface area contributed by atoms with Crippen molar-refractivity contribution in [2.45, 2.75) is 72.2 Å². The molecule has 9 heteroatoms. The molecule has 40 heavy (non-hydrogen) atoms. The molecular formula is C31H39N5O4. The molecule has 0 unspecified atom stereocenters. The molecule has 2 aromatic carbocycles. The quantitative estimate of drug-likeness (QED) is 0.346. The Kier molecular flexibility index (Phi) is 10.5. The smallest absolute Gasteiger partial charge is 0.251 e. The third kappa shape index (κ3) is 7.48. The highest BCUT2D eigenvalue weighted by Gasteiger charge is 2.21. The van der Waals surface area contributed by atoms with Gasteiger partial charge in [0.2, 0.25) is 5.91 Å². The lowest BCUT2D eigenvalue weighted by Gasteiger charge is -2.23. The van der Waals surface area contributed by atoms with Gasteiger partial charge in [-0.25, -0.2) is 4.98 Å². The number of aliphatic hydroxyl groups excluding tert-OH is 1. The van der Waals surface area contributed by atoms with Gasteiger partial charge in [0, 0.05) is 50.5 Å². The Balaban J connectivity index is 1.74. The maximum absolute atomic E-state index is 13.0. The summed E-state index contributed by atoms with van der Waals surface area (Å²) in [6.07, 6.45) is 2.82. The van der Waals surface area contributed by atoms with Crippen LogP contribution in [0.4, 0.5) is 0 Å². The third-order valence-electron chi connectivity index (χ3n) is 6.87. The first kappa shape index (κ1) is 30.4. The summed E-state index contributed by atoms with van der Waals surface area (Å²) in [5, 5.41) is 22.1. The zero-order valence-corrected chi connectivity index (χ0v) is 24.1. The van der Waals surface area contributed by atoms with Crippen LogP contribution in [-0.2, 0) is 17.8 Å². The van der Waals surface area contributed by atoms with Crippen LogP contribution in [0.1, 0.15) is 74.4 Å². The van der Waals surface area contributed by atoms with Crippen LogP contribution in [-0.4, -0.2) is 57.2 Å². The van der Waals surface area contributed by atoms with Crippen molar-refractivity contribution < 1.29 is 19.4 Å². The predicted octanol–water partition coefficient (Wildman–Crippen LogP) is 4.49. The molecule has 0 aliphatic rings. The van der Waals surface area contributed by atoms with Gasteiger partial charge in [0.1, 0.15) is 17.6 Å². The Morgan fingerprint density at radius 2 is 1.88 bits per heavy atom. The number of hydrogen-bond acceptors (Lipinski definition) is 6. The van der Waals surface area contributed by atoms with E-state index in [1.165, 1.54) is 6.07 Å². The molecule has 0 saturated heterocycles. The number of carbonyl (C=O) groups excluding carboxylic acids is 2. The second kappa shape index (κ2) is 13.8. The number of rotatable bonds is 12. The zero-order chi connectivity index (χ0) is 29.4. The van der Waals surface area contributed by atoms with E-state index in [1.54, 1.807) is 31.0 Å². The molecule has 2 N–H and O–H groups in total. The van der Waals surface area contributed by atoms with E-state index in [0.717, 1.165) is 29.2 Å². The molecule has 0 radical (unpaired) electrons. The molecule has 0 aliphatic carbocycles. The topological polar surface area (TPSA) is 120 Å². The normalized spacial score (nSPS) is 12.5. The van der Waals surface area contributed by atoms with Crippen molar-refractivity contribution in [3.63, 3.8) is 0 Å². The van der Waals surface area contributed by atoms with Gasteiger partial charge in [-0.2, -0.15) is 5.26 Å². The standard InChI is InChI=1S/C31H39N5O4/c1-7-36-19-28(34-30(36)21(4)35(6)22(5)38)24-10-8-23(9-11-24)16-27(14-15-37)33-31(39)25-12-13-29(40-20(2)3)26(17-25)18-32/h8-13,17,19-21,27,37H,7,14-16H2,1-6H3,(H,33,39)/t21-,27-/m1/s1. The van der Waals surface area contributed by atoms with Crippen LogP contribution in [0.15, 0.2) is 48.7 Å². The molecule has 0 fully saturated rings. The Hall–Kier alpha value is -4.16. The molecular weight excluding hydrogens is 506 g/mol. The second-order valence-electron chi connectivity index (χ2n) is 10.1. The number of aromatic nitrogens is 2. The number of aryl methyl sites for hydroxylation is 1. The predicted molar refractivity (Wildman–Crippen MR) is 154 cm³/mol. The molecule has 3 rings (SSSR count). The number of aliphatic hydroxyl groups is 1. The summed E-state index contributed by atoms with van der Waals surface area (Å²) in [4.78, 5) is 31.4. The number of imidazole rings is 1. The molecule has 0 saturated carbocycles. The van der Waals surface area contributed by atoms with E-state index < -0.39 is 0 Å². The van der Waals surface area contributed by atoms with Gasteiger partial charge >= 0.3 is 0 Å². The number of nitriles is 1. The maximum Gasteiger partial charge on any atom is 0.251 e. The molecule has 2 atom stereocenters. The van der Waals surface area contributed by atoms with Crippen LogP contribution >= 0.6 is 0 Å². The minimum Gasteiger partial charge on any atom is -0.490 e. The van der Waals surface area contributed by atoms with Crippen molar-refractivity contribution >= 4 is 11.8 Å². The van der Waals surface area contributed by atoms with E-state index in [-0.39, 0.29) is 36.6 Å². The number of ether oxygens (including phenoxy) is 1. The van der Waals surface area contributed by atoms with E-state index in [1.807, 2.05) is 58.2 Å². The summed E-state index contributed by atoms with van der Waals surface area (Å²) in [6.45, 7) is 9.97. The van der Waals surface area contributed by atoms with Crippen molar-refractivity contribution in [1.82, 2.24) is 19.8 Å². The first-order valence-corrected chi connectivity index (χ1v) is 13.6. The van der Waals surface area contributed by atoms with Crippen LogP contribution in [0.25, 0.3) is 11.3 Å². The second-order valence-corrected chi connectivity index (χ2v) is 10.1. The van der Waals surface area contributed by atoms with E-state index in [0.29, 0.717) is 29.7 Å². The lowest BCUT2D eigenvalue weighted by atomic mass is 10.0. The number of nitrogens with one attached hydrogen (secondary N) is 1. The largest absolute Gasteiger partial charge is 0.490 e. The molecule has 212 valence electrons. The van der Waals surface area contributed by atoms with Crippen LogP contribution < -0.4 is 10.1 Å².